The quantitative estimate of drug-likeness (QED) is 0.532. The van der Waals surface area contributed by atoms with Crippen LogP contribution in [0.25, 0.3) is 10.9 Å². The summed E-state index contributed by atoms with van der Waals surface area (Å²) in [5, 5.41) is 3.84. The van der Waals surface area contributed by atoms with Gasteiger partial charge in [-0.15, -0.1) is 0 Å². The fourth-order valence-electron chi connectivity index (χ4n) is 5.71. The summed E-state index contributed by atoms with van der Waals surface area (Å²) in [6.45, 7) is 1.68. The molecule has 0 bridgehead atoms. The number of aromatic nitrogens is 1. The summed E-state index contributed by atoms with van der Waals surface area (Å²) in [6, 6.07) is 10.8. The smallest absolute Gasteiger partial charge is 0.256 e. The van der Waals surface area contributed by atoms with Gasteiger partial charge in [-0.2, -0.15) is 0 Å². The van der Waals surface area contributed by atoms with E-state index in [9.17, 15) is 19.2 Å². The summed E-state index contributed by atoms with van der Waals surface area (Å²) in [5.74, 6) is -0.543. The van der Waals surface area contributed by atoms with Crippen LogP contribution in [0.4, 0.5) is 0 Å². The summed E-state index contributed by atoms with van der Waals surface area (Å²) in [7, 11) is 0. The highest BCUT2D eigenvalue weighted by atomic mass is 35.5. The molecule has 0 saturated carbocycles. The molecule has 3 aliphatic heterocycles. The Morgan fingerprint density at radius 2 is 1.81 bits per heavy atom. The van der Waals surface area contributed by atoms with Crippen LogP contribution in [0, 0.1) is 0 Å². The average Bonchev–Trinajstić information content (AvgIpc) is 3.44. The minimum Gasteiger partial charge on any atom is -0.360 e. The lowest BCUT2D eigenvalue weighted by Crippen LogP contribution is -2.52. The third-order valence-electron chi connectivity index (χ3n) is 7.68. The number of H-pyrrole nitrogens is 1. The van der Waals surface area contributed by atoms with Crippen molar-refractivity contribution < 1.29 is 19.2 Å². The first-order valence-corrected chi connectivity index (χ1v) is 12.6. The van der Waals surface area contributed by atoms with Gasteiger partial charge in [0.2, 0.25) is 11.8 Å². The normalized spacial score (nSPS) is 20.7. The van der Waals surface area contributed by atoms with Crippen molar-refractivity contribution in [3.63, 3.8) is 0 Å². The van der Waals surface area contributed by atoms with Crippen LogP contribution in [-0.2, 0) is 16.1 Å². The van der Waals surface area contributed by atoms with Crippen molar-refractivity contribution in [1.82, 2.24) is 20.1 Å². The molecule has 1 aromatic heterocycles. The number of amides is 4. The number of aromatic amines is 1. The van der Waals surface area contributed by atoms with E-state index >= 15 is 0 Å². The molecule has 36 heavy (non-hydrogen) atoms. The minimum absolute atomic E-state index is 0.0152. The minimum atomic E-state index is -0.610. The first-order valence-electron chi connectivity index (χ1n) is 12.2. The predicted molar refractivity (Wildman–Crippen MR) is 134 cm³/mol. The Hall–Kier alpha value is -3.65. The SMILES string of the molecule is O=C1CCC(N2Cc3cc(C4CCN(C(=O)c5c[nH]c6cc(Cl)ccc56)CC4)ccc3C2=O)C(=O)N1. The Bertz CT molecular complexity index is 1420. The lowest BCUT2D eigenvalue weighted by molar-refractivity contribution is -0.136. The third-order valence-corrected chi connectivity index (χ3v) is 7.91. The summed E-state index contributed by atoms with van der Waals surface area (Å²) in [4.78, 5) is 56.6. The lowest BCUT2D eigenvalue weighted by Gasteiger charge is -2.32. The number of nitrogens with zero attached hydrogens (tertiary/aromatic N) is 2. The number of likely N-dealkylation sites (tertiary alicyclic amines) is 1. The van der Waals surface area contributed by atoms with Crippen molar-refractivity contribution in [1.29, 1.82) is 0 Å². The van der Waals surface area contributed by atoms with E-state index in [2.05, 4.69) is 16.4 Å². The largest absolute Gasteiger partial charge is 0.360 e. The number of carbonyl (C=O) groups excluding carboxylic acids is 4. The van der Waals surface area contributed by atoms with Gasteiger partial charge < -0.3 is 14.8 Å². The van der Waals surface area contributed by atoms with Gasteiger partial charge in [0, 0.05) is 53.7 Å². The van der Waals surface area contributed by atoms with Crippen LogP contribution in [0.1, 0.15) is 63.4 Å². The molecule has 0 spiro atoms. The zero-order chi connectivity index (χ0) is 25.0. The number of halogens is 1. The second kappa shape index (κ2) is 8.78. The van der Waals surface area contributed by atoms with Crippen LogP contribution in [-0.4, -0.2) is 57.5 Å². The first kappa shape index (κ1) is 22.8. The second-order valence-electron chi connectivity index (χ2n) is 9.78. The number of imide groups is 1. The van der Waals surface area contributed by atoms with Crippen molar-refractivity contribution in [3.8, 4) is 0 Å². The highest BCUT2D eigenvalue weighted by molar-refractivity contribution is 6.31. The van der Waals surface area contributed by atoms with Gasteiger partial charge >= 0.3 is 0 Å². The molecule has 9 heteroatoms. The predicted octanol–water partition coefficient (Wildman–Crippen LogP) is 3.60. The highest BCUT2D eigenvalue weighted by Gasteiger charge is 2.39. The molecule has 3 aromatic rings. The number of carbonyl (C=O) groups is 4. The van der Waals surface area contributed by atoms with E-state index in [1.54, 1.807) is 17.2 Å². The molecular formula is C27H25ClN4O4. The molecule has 2 saturated heterocycles. The number of rotatable bonds is 3. The standard InChI is InChI=1S/C27H25ClN4O4/c28-18-2-4-20-21(13-29-22(20)12-18)26(35)31-9-7-15(8-10-31)16-1-3-19-17(11-16)14-32(27(19)36)23-5-6-24(33)30-25(23)34/h1-4,11-13,15,23,29H,5-10,14H2,(H,30,33,34). The van der Waals surface area contributed by atoms with Crippen molar-refractivity contribution in [2.45, 2.75) is 44.2 Å². The molecule has 0 aliphatic carbocycles. The van der Waals surface area contributed by atoms with Gasteiger partial charge in [0.25, 0.3) is 11.8 Å². The fourth-order valence-corrected chi connectivity index (χ4v) is 5.88. The van der Waals surface area contributed by atoms with E-state index in [1.165, 1.54) is 0 Å². The van der Waals surface area contributed by atoms with Gasteiger partial charge in [-0.05, 0) is 54.5 Å². The summed E-state index contributed by atoms with van der Waals surface area (Å²) >= 11 is 6.07. The maximum atomic E-state index is 13.2. The number of benzene rings is 2. The van der Waals surface area contributed by atoms with Crippen LogP contribution < -0.4 is 5.32 Å². The Kier molecular flexibility index (Phi) is 5.56. The van der Waals surface area contributed by atoms with E-state index < -0.39 is 11.9 Å². The van der Waals surface area contributed by atoms with Gasteiger partial charge in [-0.1, -0.05) is 29.8 Å². The van der Waals surface area contributed by atoms with E-state index in [-0.39, 0.29) is 24.1 Å². The molecule has 4 heterocycles. The Morgan fingerprint density at radius 1 is 1.00 bits per heavy atom. The Morgan fingerprint density at radius 3 is 2.58 bits per heavy atom. The molecule has 2 N–H and O–H groups in total. The molecular weight excluding hydrogens is 480 g/mol. The molecule has 4 amide bonds. The Labute approximate surface area is 212 Å². The summed E-state index contributed by atoms with van der Waals surface area (Å²) in [6.07, 6.45) is 4.02. The van der Waals surface area contributed by atoms with Crippen molar-refractivity contribution in [2.24, 2.45) is 0 Å². The van der Waals surface area contributed by atoms with E-state index in [4.69, 9.17) is 11.6 Å². The molecule has 0 radical (unpaired) electrons. The van der Waals surface area contributed by atoms with Crippen LogP contribution in [0.15, 0.2) is 42.6 Å². The molecule has 6 rings (SSSR count). The van der Waals surface area contributed by atoms with Crippen molar-refractivity contribution in [3.05, 3.63) is 69.9 Å². The molecule has 1 atom stereocenters. The van der Waals surface area contributed by atoms with Crippen molar-refractivity contribution in [2.75, 3.05) is 13.1 Å². The topological polar surface area (TPSA) is 103 Å². The number of nitrogens with one attached hydrogen (secondary N) is 2. The van der Waals surface area contributed by atoms with Gasteiger partial charge in [0.1, 0.15) is 6.04 Å². The van der Waals surface area contributed by atoms with Crippen molar-refractivity contribution >= 4 is 46.1 Å². The van der Waals surface area contributed by atoms with E-state index in [0.29, 0.717) is 48.1 Å². The van der Waals surface area contributed by atoms with Crippen LogP contribution in [0.2, 0.25) is 5.02 Å². The van der Waals surface area contributed by atoms with Gasteiger partial charge in [-0.3, -0.25) is 24.5 Å². The summed E-state index contributed by atoms with van der Waals surface area (Å²) < 4.78 is 0. The molecule has 2 fully saturated rings. The first-order chi connectivity index (χ1) is 17.4. The van der Waals surface area contributed by atoms with E-state index in [0.717, 1.165) is 34.9 Å². The third kappa shape index (κ3) is 3.86. The molecule has 8 nitrogen and oxygen atoms in total. The van der Waals surface area contributed by atoms with Crippen LogP contribution in [0.3, 0.4) is 0 Å². The zero-order valence-electron chi connectivity index (χ0n) is 19.6. The van der Waals surface area contributed by atoms with Gasteiger partial charge in [-0.25, -0.2) is 0 Å². The van der Waals surface area contributed by atoms with Crippen LogP contribution in [0.5, 0.6) is 0 Å². The zero-order valence-corrected chi connectivity index (χ0v) is 20.3. The fraction of sp³-hybridized carbons (Fsp3) is 0.333. The van der Waals surface area contributed by atoms with E-state index in [1.807, 2.05) is 29.2 Å². The highest BCUT2D eigenvalue weighted by Crippen LogP contribution is 2.34. The van der Waals surface area contributed by atoms with Gasteiger partial charge in [0.05, 0.1) is 5.56 Å². The molecule has 3 aliphatic rings. The monoisotopic (exact) mass is 504 g/mol. The number of hydrogen-bond acceptors (Lipinski definition) is 4. The number of piperidine rings is 2. The molecule has 1 unspecified atom stereocenters. The van der Waals surface area contributed by atoms with Gasteiger partial charge in [0.15, 0.2) is 0 Å². The molecule has 184 valence electrons. The molecule has 2 aromatic carbocycles. The number of hydrogen-bond donors (Lipinski definition) is 2. The summed E-state index contributed by atoms with van der Waals surface area (Å²) in [5.41, 5.74) is 4.19. The second-order valence-corrected chi connectivity index (χ2v) is 10.2. The Balaban J connectivity index is 1.13. The lowest BCUT2D eigenvalue weighted by atomic mass is 9.87. The maximum Gasteiger partial charge on any atom is 0.256 e. The average molecular weight is 505 g/mol. The number of fused-ring (bicyclic) bond motifs is 2. The maximum absolute atomic E-state index is 13.2. The van der Waals surface area contributed by atoms with Crippen LogP contribution >= 0.6 is 11.6 Å².